The van der Waals surface area contributed by atoms with E-state index >= 15 is 0 Å². The molecule has 2 nitrogen and oxygen atoms in total. The summed E-state index contributed by atoms with van der Waals surface area (Å²) in [7, 11) is 0. The molecule has 2 fully saturated rings. The average Bonchev–Trinajstić information content (AvgIpc) is 3.23. The molecule has 1 atom stereocenters. The second kappa shape index (κ2) is 5.37. The molecule has 1 saturated heterocycles. The van der Waals surface area contributed by atoms with Crippen LogP contribution in [0.3, 0.4) is 0 Å². The third-order valence-electron chi connectivity index (χ3n) is 4.00. The number of hydrogen-bond donors (Lipinski definition) is 1. The number of halogens is 1. The maximum absolute atomic E-state index is 13.0. The van der Waals surface area contributed by atoms with Crippen molar-refractivity contribution in [1.29, 1.82) is 0 Å². The Balaban J connectivity index is 1.69. The van der Waals surface area contributed by atoms with Crippen LogP contribution in [0.2, 0.25) is 0 Å². The van der Waals surface area contributed by atoms with Gasteiger partial charge in [0.05, 0.1) is 0 Å². The molecule has 1 aromatic carbocycles. The summed E-state index contributed by atoms with van der Waals surface area (Å²) in [6, 6.07) is 7.37. The van der Waals surface area contributed by atoms with Crippen LogP contribution >= 0.6 is 0 Å². The van der Waals surface area contributed by atoms with E-state index in [2.05, 4.69) is 10.4 Å². The van der Waals surface area contributed by atoms with E-state index in [1.165, 1.54) is 37.7 Å². The quantitative estimate of drug-likeness (QED) is 0.879. The molecule has 18 heavy (non-hydrogen) atoms. The average molecular weight is 248 g/mol. The van der Waals surface area contributed by atoms with Crippen molar-refractivity contribution in [2.75, 3.05) is 13.1 Å². The largest absolute Gasteiger partial charge is 0.247 e. The van der Waals surface area contributed by atoms with E-state index < -0.39 is 0 Å². The molecule has 1 saturated carbocycles. The van der Waals surface area contributed by atoms with Crippen molar-refractivity contribution in [2.24, 2.45) is 5.92 Å². The van der Waals surface area contributed by atoms with E-state index in [-0.39, 0.29) is 5.82 Å². The predicted octanol–water partition coefficient (Wildman–Crippen LogP) is 3.27. The molecule has 1 aliphatic heterocycles. The van der Waals surface area contributed by atoms with Crippen LogP contribution in [-0.4, -0.2) is 18.1 Å². The molecule has 98 valence electrons. The van der Waals surface area contributed by atoms with Crippen molar-refractivity contribution in [3.8, 4) is 0 Å². The number of nitrogens with zero attached hydrogens (tertiary/aromatic N) is 1. The van der Waals surface area contributed by atoms with Gasteiger partial charge in [0.1, 0.15) is 5.82 Å². The molecule has 1 N–H and O–H groups in total. The molecular formula is C15H21FN2. The SMILES string of the molecule is Fc1ccc(C(NN2CCCCC2)C2CC2)cc1. The first-order valence-corrected chi connectivity index (χ1v) is 7.09. The molecular weight excluding hydrogens is 227 g/mol. The van der Waals surface area contributed by atoms with Crippen LogP contribution in [0.25, 0.3) is 0 Å². The van der Waals surface area contributed by atoms with Crippen LogP contribution in [0.5, 0.6) is 0 Å². The van der Waals surface area contributed by atoms with Gasteiger partial charge in [-0.05, 0) is 49.3 Å². The lowest BCUT2D eigenvalue weighted by Gasteiger charge is -2.32. The minimum Gasteiger partial charge on any atom is -0.247 e. The van der Waals surface area contributed by atoms with Crippen molar-refractivity contribution in [1.82, 2.24) is 10.4 Å². The number of benzene rings is 1. The van der Waals surface area contributed by atoms with Gasteiger partial charge in [-0.1, -0.05) is 18.6 Å². The molecule has 2 aliphatic rings. The summed E-state index contributed by atoms with van der Waals surface area (Å²) in [6.45, 7) is 2.29. The monoisotopic (exact) mass is 248 g/mol. The zero-order valence-corrected chi connectivity index (χ0v) is 10.7. The molecule has 1 aromatic rings. The lowest BCUT2D eigenvalue weighted by atomic mass is 10.0. The summed E-state index contributed by atoms with van der Waals surface area (Å²) >= 11 is 0. The zero-order valence-electron chi connectivity index (χ0n) is 10.7. The smallest absolute Gasteiger partial charge is 0.123 e. The lowest BCUT2D eigenvalue weighted by Crippen LogP contribution is -2.44. The Morgan fingerprint density at radius 2 is 1.72 bits per heavy atom. The van der Waals surface area contributed by atoms with Crippen LogP contribution in [0.1, 0.15) is 43.7 Å². The molecule has 1 aliphatic carbocycles. The summed E-state index contributed by atoms with van der Waals surface area (Å²) in [5, 5.41) is 2.36. The van der Waals surface area contributed by atoms with Crippen molar-refractivity contribution in [3.05, 3.63) is 35.6 Å². The van der Waals surface area contributed by atoms with E-state index in [0.717, 1.165) is 19.0 Å². The standard InChI is InChI=1S/C15H21FN2/c16-14-8-6-13(7-9-14)15(12-4-5-12)17-18-10-2-1-3-11-18/h6-9,12,15,17H,1-5,10-11H2. The second-order valence-electron chi connectivity index (χ2n) is 5.54. The van der Waals surface area contributed by atoms with Crippen LogP contribution < -0.4 is 5.43 Å². The fraction of sp³-hybridized carbons (Fsp3) is 0.600. The zero-order chi connectivity index (χ0) is 12.4. The van der Waals surface area contributed by atoms with Gasteiger partial charge < -0.3 is 0 Å². The number of hydrazine groups is 1. The van der Waals surface area contributed by atoms with Gasteiger partial charge in [-0.15, -0.1) is 0 Å². The van der Waals surface area contributed by atoms with Crippen LogP contribution in [-0.2, 0) is 0 Å². The first kappa shape index (κ1) is 12.1. The van der Waals surface area contributed by atoms with Crippen LogP contribution in [0.15, 0.2) is 24.3 Å². The van der Waals surface area contributed by atoms with Crippen molar-refractivity contribution in [2.45, 2.75) is 38.1 Å². The Bertz CT molecular complexity index is 380. The molecule has 1 unspecified atom stereocenters. The summed E-state index contributed by atoms with van der Waals surface area (Å²) in [6.07, 6.45) is 6.51. The van der Waals surface area contributed by atoms with Gasteiger partial charge >= 0.3 is 0 Å². The van der Waals surface area contributed by atoms with Gasteiger partial charge in [-0.3, -0.25) is 0 Å². The topological polar surface area (TPSA) is 15.3 Å². The summed E-state index contributed by atoms with van der Waals surface area (Å²) < 4.78 is 13.0. The third-order valence-corrected chi connectivity index (χ3v) is 4.00. The highest BCUT2D eigenvalue weighted by atomic mass is 19.1. The second-order valence-corrected chi connectivity index (χ2v) is 5.54. The number of hydrogen-bond acceptors (Lipinski definition) is 2. The van der Waals surface area contributed by atoms with E-state index in [4.69, 9.17) is 0 Å². The molecule has 0 spiro atoms. The molecule has 3 heteroatoms. The van der Waals surface area contributed by atoms with E-state index in [0.29, 0.717) is 6.04 Å². The van der Waals surface area contributed by atoms with Gasteiger partial charge in [-0.25, -0.2) is 14.8 Å². The Morgan fingerprint density at radius 1 is 1.06 bits per heavy atom. The fourth-order valence-electron chi connectivity index (χ4n) is 2.77. The molecule has 0 aromatic heterocycles. The van der Waals surface area contributed by atoms with Gasteiger partial charge in [0.2, 0.25) is 0 Å². The van der Waals surface area contributed by atoms with E-state index in [9.17, 15) is 4.39 Å². The van der Waals surface area contributed by atoms with E-state index in [1.54, 1.807) is 12.1 Å². The fourth-order valence-corrected chi connectivity index (χ4v) is 2.77. The summed E-state index contributed by atoms with van der Waals surface area (Å²) in [5.74, 6) is 0.587. The number of piperidine rings is 1. The normalized spacial score (nSPS) is 22.9. The van der Waals surface area contributed by atoms with Gasteiger partial charge in [0, 0.05) is 19.1 Å². The maximum Gasteiger partial charge on any atom is 0.123 e. The highest BCUT2D eigenvalue weighted by Crippen LogP contribution is 2.41. The third kappa shape index (κ3) is 2.90. The summed E-state index contributed by atoms with van der Waals surface area (Å²) in [4.78, 5) is 0. The highest BCUT2D eigenvalue weighted by molar-refractivity contribution is 5.21. The van der Waals surface area contributed by atoms with Crippen LogP contribution in [0.4, 0.5) is 4.39 Å². The van der Waals surface area contributed by atoms with Gasteiger partial charge in [0.15, 0.2) is 0 Å². The molecule has 0 bridgehead atoms. The first-order valence-electron chi connectivity index (χ1n) is 7.09. The van der Waals surface area contributed by atoms with Gasteiger partial charge in [-0.2, -0.15) is 0 Å². The Hall–Kier alpha value is -0.930. The predicted molar refractivity (Wildman–Crippen MR) is 70.4 cm³/mol. The van der Waals surface area contributed by atoms with Gasteiger partial charge in [0.25, 0.3) is 0 Å². The summed E-state index contributed by atoms with van der Waals surface area (Å²) in [5.41, 5.74) is 4.89. The molecule has 0 radical (unpaired) electrons. The first-order chi connectivity index (χ1) is 8.83. The minimum atomic E-state index is -0.147. The molecule has 0 amide bonds. The molecule has 3 rings (SSSR count). The Morgan fingerprint density at radius 3 is 2.33 bits per heavy atom. The highest BCUT2D eigenvalue weighted by Gasteiger charge is 2.33. The molecule has 1 heterocycles. The van der Waals surface area contributed by atoms with Crippen LogP contribution in [0, 0.1) is 11.7 Å². The number of rotatable bonds is 4. The van der Waals surface area contributed by atoms with Crippen molar-refractivity contribution < 1.29 is 4.39 Å². The number of nitrogens with one attached hydrogen (secondary N) is 1. The Kier molecular flexibility index (Phi) is 3.62. The Labute approximate surface area is 108 Å². The van der Waals surface area contributed by atoms with E-state index in [1.807, 2.05) is 12.1 Å². The maximum atomic E-state index is 13.0. The lowest BCUT2D eigenvalue weighted by molar-refractivity contribution is 0.121. The van der Waals surface area contributed by atoms with Crippen molar-refractivity contribution >= 4 is 0 Å². The van der Waals surface area contributed by atoms with Crippen molar-refractivity contribution in [3.63, 3.8) is 0 Å². The minimum absolute atomic E-state index is 0.147.